The molecule has 0 bridgehead atoms. The van der Waals surface area contributed by atoms with Crippen LogP contribution in [0.3, 0.4) is 0 Å². The molecule has 1 unspecified atom stereocenters. The highest BCUT2D eigenvalue weighted by Gasteiger charge is 2.69. The number of hydrogen-bond donors (Lipinski definition) is 1. The molecule has 3 aliphatic rings. The number of fused-ring (bicyclic) bond motifs is 5. The third-order valence-corrected chi connectivity index (χ3v) is 9.51. The van der Waals surface area contributed by atoms with E-state index in [1.165, 1.54) is 30.7 Å². The topological polar surface area (TPSA) is 76.1 Å². The zero-order chi connectivity index (χ0) is 25.8. The van der Waals surface area contributed by atoms with Crippen LogP contribution in [0.25, 0.3) is 0 Å². The molecule has 3 aliphatic carbocycles. The third-order valence-electron chi connectivity index (χ3n) is 9.51. The number of esters is 2. The zero-order valence-corrected chi connectivity index (χ0v) is 21.9. The van der Waals surface area contributed by atoms with Crippen molar-refractivity contribution in [1.82, 2.24) is 0 Å². The van der Waals surface area contributed by atoms with E-state index < -0.39 is 23.0 Å². The molecule has 5 rings (SSSR count). The van der Waals surface area contributed by atoms with Crippen molar-refractivity contribution in [2.75, 3.05) is 26.1 Å². The number of anilines is 1. The van der Waals surface area contributed by atoms with Crippen molar-refractivity contribution in [3.05, 3.63) is 59.2 Å². The smallest absolute Gasteiger partial charge is 0.350 e. The number of phenols is 1. The minimum atomic E-state index is -1.28. The van der Waals surface area contributed by atoms with Crippen molar-refractivity contribution < 1.29 is 24.2 Å². The van der Waals surface area contributed by atoms with Crippen LogP contribution in [0, 0.1) is 17.3 Å². The molecule has 6 atom stereocenters. The minimum Gasteiger partial charge on any atom is -0.508 e. The van der Waals surface area contributed by atoms with Crippen molar-refractivity contribution in [2.45, 2.75) is 63.4 Å². The van der Waals surface area contributed by atoms with Gasteiger partial charge in [-0.1, -0.05) is 25.1 Å². The van der Waals surface area contributed by atoms with Crippen LogP contribution in [-0.4, -0.2) is 43.9 Å². The quantitative estimate of drug-likeness (QED) is 0.594. The molecule has 192 valence electrons. The maximum atomic E-state index is 13.4. The summed E-state index contributed by atoms with van der Waals surface area (Å²) in [6.45, 7) is 3.53. The molecular weight excluding hydrogens is 454 g/mol. The summed E-state index contributed by atoms with van der Waals surface area (Å²) in [6.07, 6.45) is 3.88. The van der Waals surface area contributed by atoms with Crippen LogP contribution in [-0.2, 0) is 25.5 Å². The third kappa shape index (κ3) is 3.60. The van der Waals surface area contributed by atoms with Crippen LogP contribution >= 0.6 is 0 Å². The molecule has 0 spiro atoms. The van der Waals surface area contributed by atoms with E-state index in [0.717, 1.165) is 24.9 Å². The molecule has 0 heterocycles. The predicted molar refractivity (Wildman–Crippen MR) is 138 cm³/mol. The first-order chi connectivity index (χ1) is 17.1. The van der Waals surface area contributed by atoms with Crippen molar-refractivity contribution in [2.24, 2.45) is 17.3 Å². The number of nitrogens with zero attached hydrogens (tertiary/aromatic N) is 1. The number of carbonyl (C=O) groups excluding carboxylic acids is 2. The first-order valence-corrected chi connectivity index (χ1v) is 13.0. The van der Waals surface area contributed by atoms with E-state index in [1.54, 1.807) is 6.07 Å². The van der Waals surface area contributed by atoms with Gasteiger partial charge < -0.3 is 19.5 Å². The van der Waals surface area contributed by atoms with Crippen LogP contribution < -0.4 is 4.90 Å². The van der Waals surface area contributed by atoms with E-state index in [9.17, 15) is 14.7 Å². The Kier molecular flexibility index (Phi) is 6.05. The molecule has 0 amide bonds. The second kappa shape index (κ2) is 8.82. The molecule has 0 radical (unpaired) electrons. The highest BCUT2D eigenvalue weighted by atomic mass is 16.6. The maximum Gasteiger partial charge on any atom is 0.350 e. The minimum absolute atomic E-state index is 0.133. The Morgan fingerprint density at radius 2 is 1.81 bits per heavy atom. The van der Waals surface area contributed by atoms with E-state index in [1.807, 2.05) is 20.2 Å². The standard InChI is InChI=1S/C30H37NO5/c1-18(32)36-30(28(34)35-5)15-14-26-24-12-8-20-16-22(33)11-13-23(20)27(24)25(17-29(26,30)2)19-6-9-21(10-7-19)31(3)4/h6-7,9-11,13,16,24-27,33H,8,12,14-15,17H2,1-5H3/t24-,25?,26-,27+,29-,30-/m0/s1. The molecule has 0 saturated heterocycles. The lowest BCUT2D eigenvalue weighted by atomic mass is 9.49. The highest BCUT2D eigenvalue weighted by molar-refractivity contribution is 5.84. The van der Waals surface area contributed by atoms with Gasteiger partial charge in [-0.25, -0.2) is 4.79 Å². The van der Waals surface area contributed by atoms with E-state index in [-0.39, 0.29) is 17.8 Å². The number of hydrogen-bond acceptors (Lipinski definition) is 6. The molecule has 0 aromatic heterocycles. The first kappa shape index (κ1) is 24.7. The lowest BCUT2D eigenvalue weighted by molar-refractivity contribution is -0.200. The Morgan fingerprint density at radius 3 is 2.44 bits per heavy atom. The SMILES string of the molecule is COC(=O)[C@@]1(OC(C)=O)CC[C@H]2[C@@H]3CCc4cc(O)ccc4[C@H]3C(c3ccc(N(C)C)cc3)C[C@@]21C. The first-order valence-electron chi connectivity index (χ1n) is 13.0. The fourth-order valence-corrected chi connectivity index (χ4v) is 7.98. The van der Waals surface area contributed by atoms with Gasteiger partial charge in [-0.3, -0.25) is 4.79 Å². The predicted octanol–water partition coefficient (Wildman–Crippen LogP) is 5.18. The second-order valence-corrected chi connectivity index (χ2v) is 11.4. The molecule has 36 heavy (non-hydrogen) atoms. The summed E-state index contributed by atoms with van der Waals surface area (Å²) >= 11 is 0. The number of aromatic hydroxyl groups is 1. The van der Waals surface area contributed by atoms with E-state index in [0.29, 0.717) is 24.5 Å². The second-order valence-electron chi connectivity index (χ2n) is 11.4. The van der Waals surface area contributed by atoms with Crippen molar-refractivity contribution in [1.29, 1.82) is 0 Å². The van der Waals surface area contributed by atoms with Crippen molar-refractivity contribution in [3.63, 3.8) is 0 Å². The van der Waals surface area contributed by atoms with Gasteiger partial charge in [0.1, 0.15) is 5.75 Å². The lowest BCUT2D eigenvalue weighted by Gasteiger charge is -2.56. The summed E-state index contributed by atoms with van der Waals surface area (Å²) in [4.78, 5) is 27.8. The van der Waals surface area contributed by atoms with E-state index in [4.69, 9.17) is 9.47 Å². The van der Waals surface area contributed by atoms with Gasteiger partial charge in [-0.15, -0.1) is 0 Å². The Balaban J connectivity index is 1.66. The van der Waals surface area contributed by atoms with Gasteiger partial charge in [0, 0.05) is 32.1 Å². The molecule has 6 nitrogen and oxygen atoms in total. The summed E-state index contributed by atoms with van der Waals surface area (Å²) < 4.78 is 11.3. The fraction of sp³-hybridized carbons (Fsp3) is 0.533. The monoisotopic (exact) mass is 491 g/mol. The van der Waals surface area contributed by atoms with Gasteiger partial charge >= 0.3 is 11.9 Å². The Morgan fingerprint density at radius 1 is 1.08 bits per heavy atom. The number of carbonyl (C=O) groups is 2. The molecule has 0 aliphatic heterocycles. The largest absolute Gasteiger partial charge is 0.508 e. The Hall–Kier alpha value is -3.02. The maximum absolute atomic E-state index is 13.4. The summed E-state index contributed by atoms with van der Waals surface area (Å²) in [5, 5.41) is 10.2. The van der Waals surface area contributed by atoms with Gasteiger partial charge in [0.05, 0.1) is 7.11 Å². The molecule has 6 heteroatoms. The molecule has 2 fully saturated rings. The fourth-order valence-electron chi connectivity index (χ4n) is 7.98. The van der Waals surface area contributed by atoms with Crippen molar-refractivity contribution >= 4 is 17.6 Å². The van der Waals surface area contributed by atoms with Gasteiger partial charge in [0.15, 0.2) is 0 Å². The Bertz CT molecular complexity index is 1170. The summed E-state index contributed by atoms with van der Waals surface area (Å²) in [7, 11) is 5.45. The Labute approximate surface area is 213 Å². The lowest BCUT2D eigenvalue weighted by Crippen LogP contribution is -2.58. The molecule has 2 aromatic rings. The van der Waals surface area contributed by atoms with Gasteiger partial charge in [-0.05, 0) is 96.7 Å². The number of methoxy groups -OCH3 is 1. The zero-order valence-electron chi connectivity index (χ0n) is 21.9. The van der Waals surface area contributed by atoms with Crippen LogP contribution in [0.2, 0.25) is 0 Å². The van der Waals surface area contributed by atoms with E-state index in [2.05, 4.69) is 42.2 Å². The number of rotatable bonds is 4. The van der Waals surface area contributed by atoms with Gasteiger partial charge in [-0.2, -0.15) is 0 Å². The summed E-state index contributed by atoms with van der Waals surface area (Å²) in [5.41, 5.74) is 3.05. The molecule has 2 saturated carbocycles. The van der Waals surface area contributed by atoms with E-state index >= 15 is 0 Å². The molecular formula is C30H37NO5. The molecule has 1 N–H and O–H groups in total. The molecule has 2 aromatic carbocycles. The van der Waals surface area contributed by atoms with Crippen LogP contribution in [0.5, 0.6) is 5.75 Å². The normalized spacial score (nSPS) is 32.6. The van der Waals surface area contributed by atoms with Gasteiger partial charge in [0.25, 0.3) is 0 Å². The summed E-state index contributed by atoms with van der Waals surface area (Å²) in [6, 6.07) is 14.5. The average molecular weight is 492 g/mol. The van der Waals surface area contributed by atoms with Crippen LogP contribution in [0.1, 0.15) is 68.1 Å². The highest BCUT2D eigenvalue weighted by Crippen LogP contribution is 2.68. The number of benzene rings is 2. The van der Waals surface area contributed by atoms with Gasteiger partial charge in [0.2, 0.25) is 5.60 Å². The number of aryl methyl sites for hydroxylation is 1. The number of ether oxygens (including phenoxy) is 2. The van der Waals surface area contributed by atoms with Crippen LogP contribution in [0.4, 0.5) is 5.69 Å². The number of phenolic OH excluding ortho intramolecular Hbond substituents is 1. The summed E-state index contributed by atoms with van der Waals surface area (Å²) in [5.74, 6) is 0.378. The van der Waals surface area contributed by atoms with Crippen molar-refractivity contribution in [3.8, 4) is 5.75 Å². The van der Waals surface area contributed by atoms with Crippen LogP contribution in [0.15, 0.2) is 42.5 Å². The average Bonchev–Trinajstić information content (AvgIpc) is 3.14.